The number of aromatic nitrogens is 1. The highest BCUT2D eigenvalue weighted by atomic mass is 127. The third-order valence-corrected chi connectivity index (χ3v) is 4.28. The first kappa shape index (κ1) is 20.3. The molecule has 0 fully saturated rings. The smallest absolute Gasteiger partial charge is 0.191 e. The number of aliphatic imine (C=N–C) groups is 1. The lowest BCUT2D eigenvalue weighted by molar-refractivity contribution is 0.791. The molecule has 1 aromatic carbocycles. The van der Waals surface area contributed by atoms with Crippen LogP contribution in [0, 0.1) is 0 Å². The third kappa shape index (κ3) is 6.73. The zero-order valence-corrected chi connectivity index (χ0v) is 17.8. The highest BCUT2D eigenvalue weighted by molar-refractivity contribution is 14.0. The number of aryl methyl sites for hydroxylation is 1. The molecule has 2 N–H and O–H groups in total. The summed E-state index contributed by atoms with van der Waals surface area (Å²) in [6, 6.07) is 7.92. The van der Waals surface area contributed by atoms with Crippen molar-refractivity contribution in [2.45, 2.75) is 13.0 Å². The van der Waals surface area contributed by atoms with Gasteiger partial charge in [0, 0.05) is 49.1 Å². The summed E-state index contributed by atoms with van der Waals surface area (Å²) in [6.07, 6.45) is 4.99. The van der Waals surface area contributed by atoms with Crippen molar-refractivity contribution >= 4 is 57.5 Å². The van der Waals surface area contributed by atoms with Crippen LogP contribution in [-0.2, 0) is 20.0 Å². The Hall–Kier alpha value is -0.730. The summed E-state index contributed by atoms with van der Waals surface area (Å²) in [6.45, 7) is 1.54. The van der Waals surface area contributed by atoms with Gasteiger partial charge in [0.1, 0.15) is 0 Å². The topological polar surface area (TPSA) is 41.4 Å². The average Bonchev–Trinajstić information content (AvgIpc) is 2.91. The predicted molar refractivity (Wildman–Crippen MR) is 112 cm³/mol. The number of guanidine groups is 1. The van der Waals surface area contributed by atoms with Gasteiger partial charge in [-0.15, -0.1) is 24.0 Å². The number of halogens is 3. The average molecular weight is 512 g/mol. The minimum absolute atomic E-state index is 0. The van der Waals surface area contributed by atoms with Crippen molar-refractivity contribution in [3.8, 4) is 0 Å². The van der Waals surface area contributed by atoms with Gasteiger partial charge in [0.15, 0.2) is 5.96 Å². The van der Waals surface area contributed by atoms with Crippen LogP contribution in [0.5, 0.6) is 0 Å². The molecule has 0 saturated heterocycles. The minimum atomic E-state index is 0. The van der Waals surface area contributed by atoms with Crippen LogP contribution < -0.4 is 10.6 Å². The molecule has 0 unspecified atom stereocenters. The van der Waals surface area contributed by atoms with E-state index in [2.05, 4.69) is 43.8 Å². The molecule has 0 radical (unpaired) electrons. The number of nitrogens with zero attached hydrogens (tertiary/aromatic N) is 2. The maximum Gasteiger partial charge on any atom is 0.191 e. The van der Waals surface area contributed by atoms with Crippen molar-refractivity contribution in [2.75, 3.05) is 13.6 Å². The predicted octanol–water partition coefficient (Wildman–Crippen LogP) is 3.97. The van der Waals surface area contributed by atoms with E-state index in [1.807, 2.05) is 36.0 Å². The summed E-state index contributed by atoms with van der Waals surface area (Å²) < 4.78 is 3.11. The quantitative estimate of drug-likeness (QED) is 0.363. The Bertz CT molecular complexity index is 657. The largest absolute Gasteiger partial charge is 0.357 e. The summed E-state index contributed by atoms with van der Waals surface area (Å²) in [7, 11) is 3.79. The molecule has 0 aliphatic heterocycles. The summed E-state index contributed by atoms with van der Waals surface area (Å²) in [4.78, 5) is 4.23. The number of benzene rings is 1. The van der Waals surface area contributed by atoms with Gasteiger partial charge < -0.3 is 15.2 Å². The number of hydrogen-bond donors (Lipinski definition) is 2. The summed E-state index contributed by atoms with van der Waals surface area (Å²) in [5.41, 5.74) is 2.40. The van der Waals surface area contributed by atoms with Gasteiger partial charge in [0.05, 0.1) is 0 Å². The van der Waals surface area contributed by atoms with E-state index < -0.39 is 0 Å². The molecule has 0 atom stereocenters. The minimum Gasteiger partial charge on any atom is -0.357 e. The van der Waals surface area contributed by atoms with Gasteiger partial charge in [-0.2, -0.15) is 0 Å². The summed E-state index contributed by atoms with van der Waals surface area (Å²) >= 11 is 9.57. The number of hydrogen-bond acceptors (Lipinski definition) is 1. The zero-order valence-electron chi connectivity index (χ0n) is 13.1. The van der Waals surface area contributed by atoms with Crippen LogP contribution in [0.3, 0.4) is 0 Å². The molecule has 4 nitrogen and oxygen atoms in total. The fourth-order valence-corrected chi connectivity index (χ4v) is 2.76. The standard InChI is InChI=1S/C16H20BrClN4.HI/c1-19-16(21-10-12-6-8-22(2)11-12)20-7-5-13-9-14(18)3-4-15(13)17;/h3-4,6,8-9,11H,5,7,10H2,1-2H3,(H2,19,20,21);1H. The van der Waals surface area contributed by atoms with Gasteiger partial charge >= 0.3 is 0 Å². The van der Waals surface area contributed by atoms with Crippen LogP contribution in [0.25, 0.3) is 0 Å². The van der Waals surface area contributed by atoms with Gasteiger partial charge in [-0.25, -0.2) is 0 Å². The highest BCUT2D eigenvalue weighted by Gasteiger charge is 2.03. The monoisotopic (exact) mass is 510 g/mol. The first-order valence-electron chi connectivity index (χ1n) is 7.08. The number of nitrogens with one attached hydrogen (secondary N) is 2. The fraction of sp³-hybridized carbons (Fsp3) is 0.312. The lowest BCUT2D eigenvalue weighted by Gasteiger charge is -2.12. The Morgan fingerprint density at radius 2 is 2.09 bits per heavy atom. The molecule has 2 rings (SSSR count). The van der Waals surface area contributed by atoms with Crippen molar-refractivity contribution in [3.05, 3.63) is 57.3 Å². The SMILES string of the molecule is CN=C(NCCc1cc(Cl)ccc1Br)NCc1ccn(C)c1.I. The Balaban J connectivity index is 0.00000264. The molecule has 1 aromatic heterocycles. The molecule has 126 valence electrons. The van der Waals surface area contributed by atoms with Gasteiger partial charge in [0.25, 0.3) is 0 Å². The molecule has 0 amide bonds. The molecule has 0 aliphatic carbocycles. The van der Waals surface area contributed by atoms with Crippen LogP contribution in [0.4, 0.5) is 0 Å². The van der Waals surface area contributed by atoms with E-state index in [1.54, 1.807) is 7.05 Å². The fourth-order valence-electron chi connectivity index (χ4n) is 2.12. The molecular weight excluding hydrogens is 490 g/mol. The lowest BCUT2D eigenvalue weighted by atomic mass is 10.1. The van der Waals surface area contributed by atoms with Crippen LogP contribution in [0.15, 0.2) is 46.1 Å². The van der Waals surface area contributed by atoms with E-state index in [0.29, 0.717) is 0 Å². The van der Waals surface area contributed by atoms with Gasteiger partial charge in [-0.3, -0.25) is 4.99 Å². The lowest BCUT2D eigenvalue weighted by Crippen LogP contribution is -2.37. The van der Waals surface area contributed by atoms with Crippen LogP contribution in [0.2, 0.25) is 5.02 Å². The van der Waals surface area contributed by atoms with E-state index >= 15 is 0 Å². The van der Waals surface area contributed by atoms with Crippen LogP contribution in [-0.4, -0.2) is 24.1 Å². The Morgan fingerprint density at radius 1 is 1.30 bits per heavy atom. The molecule has 2 aromatic rings. The van der Waals surface area contributed by atoms with E-state index in [0.717, 1.165) is 35.0 Å². The number of rotatable bonds is 5. The molecular formula is C16H21BrClIN4. The molecule has 1 heterocycles. The van der Waals surface area contributed by atoms with Gasteiger partial charge in [-0.1, -0.05) is 27.5 Å². The van der Waals surface area contributed by atoms with E-state index in [1.165, 1.54) is 11.1 Å². The first-order valence-corrected chi connectivity index (χ1v) is 8.25. The maximum atomic E-state index is 6.03. The summed E-state index contributed by atoms with van der Waals surface area (Å²) in [5.74, 6) is 0.794. The highest BCUT2D eigenvalue weighted by Crippen LogP contribution is 2.21. The molecule has 0 spiro atoms. The first-order chi connectivity index (χ1) is 10.6. The van der Waals surface area contributed by atoms with Crippen molar-refractivity contribution in [1.82, 2.24) is 15.2 Å². The van der Waals surface area contributed by atoms with Gasteiger partial charge in [-0.05, 0) is 41.8 Å². The third-order valence-electron chi connectivity index (χ3n) is 3.27. The maximum absolute atomic E-state index is 6.03. The molecule has 0 bridgehead atoms. The molecule has 0 saturated carbocycles. The normalized spacial score (nSPS) is 11.0. The molecule has 7 heteroatoms. The van der Waals surface area contributed by atoms with Crippen LogP contribution in [0.1, 0.15) is 11.1 Å². The van der Waals surface area contributed by atoms with Crippen molar-refractivity contribution in [1.29, 1.82) is 0 Å². The Morgan fingerprint density at radius 3 is 2.74 bits per heavy atom. The van der Waals surface area contributed by atoms with Crippen molar-refractivity contribution in [3.63, 3.8) is 0 Å². The van der Waals surface area contributed by atoms with E-state index in [9.17, 15) is 0 Å². The second-order valence-electron chi connectivity index (χ2n) is 5.02. The Labute approximate surface area is 167 Å². The second kappa shape index (κ2) is 10.2. The van der Waals surface area contributed by atoms with E-state index in [-0.39, 0.29) is 24.0 Å². The molecule has 0 aliphatic rings. The van der Waals surface area contributed by atoms with E-state index in [4.69, 9.17) is 11.6 Å². The van der Waals surface area contributed by atoms with Crippen molar-refractivity contribution in [2.24, 2.45) is 12.0 Å². The second-order valence-corrected chi connectivity index (χ2v) is 6.31. The molecule has 23 heavy (non-hydrogen) atoms. The zero-order chi connectivity index (χ0) is 15.9. The van der Waals surface area contributed by atoms with Crippen molar-refractivity contribution < 1.29 is 0 Å². The summed E-state index contributed by atoms with van der Waals surface area (Å²) in [5, 5.41) is 7.36. The Kier molecular flexibility index (Phi) is 9.01. The van der Waals surface area contributed by atoms with Gasteiger partial charge in [0.2, 0.25) is 0 Å². The van der Waals surface area contributed by atoms with Crippen LogP contribution >= 0.6 is 51.5 Å².